The molecule has 0 radical (unpaired) electrons. The van der Waals surface area contributed by atoms with Gasteiger partial charge in [0.1, 0.15) is 5.82 Å². The van der Waals surface area contributed by atoms with E-state index in [4.69, 9.17) is 0 Å². The molecule has 1 fully saturated rings. The molecule has 0 saturated carbocycles. The fourth-order valence-corrected chi connectivity index (χ4v) is 2.98. The zero-order valence-corrected chi connectivity index (χ0v) is 13.4. The van der Waals surface area contributed by atoms with E-state index < -0.39 is 41.3 Å². The number of anilines is 2. The van der Waals surface area contributed by atoms with Gasteiger partial charge in [-0.2, -0.15) is 5.11 Å². The van der Waals surface area contributed by atoms with Crippen molar-refractivity contribution in [3.8, 4) is 0 Å². The summed E-state index contributed by atoms with van der Waals surface area (Å²) in [7, 11) is 0. The molecule has 0 spiro atoms. The Morgan fingerprint density at radius 2 is 1.58 bits per heavy atom. The van der Waals surface area contributed by atoms with Crippen molar-refractivity contribution in [1.29, 1.82) is 0 Å². The summed E-state index contributed by atoms with van der Waals surface area (Å²) >= 11 is 0. The van der Waals surface area contributed by atoms with Crippen LogP contribution < -0.4 is 9.91 Å². The maximum atomic E-state index is 13.8. The molecule has 0 aliphatic carbocycles. The summed E-state index contributed by atoms with van der Waals surface area (Å²) in [5.41, 5.74) is 0.579. The average Bonchev–Trinajstić information content (AvgIpc) is 3.14. The third-order valence-electron chi connectivity index (χ3n) is 4.36. The highest BCUT2D eigenvalue weighted by Crippen LogP contribution is 2.35. The number of rotatable bonds is 2. The Balaban J connectivity index is 1.71. The average molecular weight is 360 g/mol. The highest BCUT2D eigenvalue weighted by Gasteiger charge is 2.55. The van der Waals surface area contributed by atoms with Gasteiger partial charge in [-0.05, 0) is 36.8 Å². The van der Waals surface area contributed by atoms with Gasteiger partial charge in [-0.1, -0.05) is 11.3 Å². The Bertz CT molecular complexity index is 978. The van der Waals surface area contributed by atoms with Crippen molar-refractivity contribution in [2.24, 2.45) is 10.3 Å². The van der Waals surface area contributed by atoms with Crippen LogP contribution in [0.4, 0.5) is 24.5 Å². The zero-order valence-electron chi connectivity index (χ0n) is 13.4. The largest absolute Gasteiger partial charge is 0.271 e. The van der Waals surface area contributed by atoms with Crippen molar-refractivity contribution in [2.75, 3.05) is 9.91 Å². The van der Waals surface area contributed by atoms with E-state index in [0.29, 0.717) is 5.56 Å². The van der Waals surface area contributed by atoms with Crippen molar-refractivity contribution >= 4 is 23.2 Å². The Kier molecular flexibility index (Phi) is 3.53. The number of amides is 2. The van der Waals surface area contributed by atoms with Gasteiger partial charge >= 0.3 is 0 Å². The predicted octanol–water partition coefficient (Wildman–Crippen LogP) is 2.91. The van der Waals surface area contributed by atoms with Crippen molar-refractivity contribution in [2.45, 2.75) is 19.0 Å². The highest BCUT2D eigenvalue weighted by atomic mass is 19.2. The molecule has 2 aromatic rings. The van der Waals surface area contributed by atoms with Crippen LogP contribution in [-0.2, 0) is 9.59 Å². The second-order valence-corrected chi connectivity index (χ2v) is 5.98. The van der Waals surface area contributed by atoms with E-state index in [9.17, 15) is 22.8 Å². The first-order chi connectivity index (χ1) is 12.4. The molecule has 2 atom stereocenters. The molecule has 4 rings (SSSR count). The molecule has 2 aromatic carbocycles. The molecule has 1 saturated heterocycles. The number of hydrogen-bond acceptors (Lipinski definition) is 5. The summed E-state index contributed by atoms with van der Waals surface area (Å²) < 4.78 is 40.4. The quantitative estimate of drug-likeness (QED) is 0.774. The number of hydrogen-bond donors (Lipinski definition) is 0. The van der Waals surface area contributed by atoms with E-state index in [1.54, 1.807) is 13.0 Å². The first-order valence-corrected chi connectivity index (χ1v) is 7.67. The molecule has 2 amide bonds. The van der Waals surface area contributed by atoms with E-state index in [-0.39, 0.29) is 11.4 Å². The zero-order chi connectivity index (χ0) is 18.6. The lowest BCUT2D eigenvalue weighted by molar-refractivity contribution is -0.121. The number of benzene rings is 2. The second kappa shape index (κ2) is 5.65. The molecule has 0 aromatic heterocycles. The molecule has 2 aliphatic heterocycles. The summed E-state index contributed by atoms with van der Waals surface area (Å²) in [6, 6.07) is 4.75. The van der Waals surface area contributed by atoms with Crippen LogP contribution in [0.2, 0.25) is 0 Å². The molecule has 9 heteroatoms. The smallest absolute Gasteiger partial charge is 0.263 e. The van der Waals surface area contributed by atoms with Crippen LogP contribution in [0.3, 0.4) is 0 Å². The monoisotopic (exact) mass is 360 g/mol. The third kappa shape index (κ3) is 2.27. The highest BCUT2D eigenvalue weighted by molar-refractivity contribution is 6.26. The standard InChI is InChI=1S/C17H11F3N4O2/c1-8-2-3-10(7-12(8)19)24-15-14(21-22-24)16(25)23(17(15)26)9-4-5-11(18)13(20)6-9/h2-7,14-15H,1H3/t14-,15-/m1/s1. The van der Waals surface area contributed by atoms with Crippen LogP contribution in [-0.4, -0.2) is 23.9 Å². The van der Waals surface area contributed by atoms with Gasteiger partial charge < -0.3 is 0 Å². The molecular weight excluding hydrogens is 349 g/mol. The van der Waals surface area contributed by atoms with Crippen LogP contribution in [0.1, 0.15) is 5.56 Å². The van der Waals surface area contributed by atoms with Crippen LogP contribution in [0, 0.1) is 24.4 Å². The predicted molar refractivity (Wildman–Crippen MR) is 84.9 cm³/mol. The summed E-state index contributed by atoms with van der Waals surface area (Å²) in [6.07, 6.45) is 0. The molecule has 0 unspecified atom stereocenters. The summed E-state index contributed by atoms with van der Waals surface area (Å²) in [4.78, 5) is 26.0. The van der Waals surface area contributed by atoms with E-state index >= 15 is 0 Å². The summed E-state index contributed by atoms with van der Waals surface area (Å²) in [5.74, 6) is -4.17. The van der Waals surface area contributed by atoms with E-state index in [1.165, 1.54) is 12.1 Å². The van der Waals surface area contributed by atoms with Crippen LogP contribution in [0.5, 0.6) is 0 Å². The number of carbonyl (C=O) groups excluding carboxylic acids is 2. The number of nitrogens with zero attached hydrogens (tertiary/aromatic N) is 4. The Labute approximate surface area is 145 Å². The van der Waals surface area contributed by atoms with Crippen LogP contribution in [0.25, 0.3) is 0 Å². The van der Waals surface area contributed by atoms with Gasteiger partial charge in [0.05, 0.1) is 11.4 Å². The fraction of sp³-hybridized carbons (Fsp3) is 0.176. The summed E-state index contributed by atoms with van der Waals surface area (Å²) in [5, 5.41) is 8.77. The number of imide groups is 1. The van der Waals surface area contributed by atoms with Gasteiger partial charge in [0.15, 0.2) is 23.7 Å². The van der Waals surface area contributed by atoms with E-state index in [1.807, 2.05) is 0 Å². The lowest BCUT2D eigenvalue weighted by Gasteiger charge is -2.21. The minimum Gasteiger partial charge on any atom is -0.271 e. The van der Waals surface area contributed by atoms with Crippen LogP contribution >= 0.6 is 0 Å². The second-order valence-electron chi connectivity index (χ2n) is 5.98. The minimum absolute atomic E-state index is 0.0986. The molecule has 26 heavy (non-hydrogen) atoms. The van der Waals surface area contributed by atoms with Crippen LogP contribution in [0.15, 0.2) is 46.7 Å². The van der Waals surface area contributed by atoms with E-state index in [2.05, 4.69) is 10.3 Å². The number of aryl methyl sites for hydroxylation is 1. The molecule has 0 N–H and O–H groups in total. The molecule has 2 heterocycles. The van der Waals surface area contributed by atoms with Gasteiger partial charge in [0.2, 0.25) is 0 Å². The third-order valence-corrected chi connectivity index (χ3v) is 4.36. The molecule has 132 valence electrons. The summed E-state index contributed by atoms with van der Waals surface area (Å²) in [6.45, 7) is 1.59. The maximum absolute atomic E-state index is 13.8. The fourth-order valence-electron chi connectivity index (χ4n) is 2.98. The minimum atomic E-state index is -1.18. The Morgan fingerprint density at radius 3 is 2.27 bits per heavy atom. The van der Waals surface area contributed by atoms with Gasteiger partial charge in [-0.3, -0.25) is 9.59 Å². The lowest BCUT2D eigenvalue weighted by atomic mass is 10.1. The maximum Gasteiger partial charge on any atom is 0.263 e. The topological polar surface area (TPSA) is 65.3 Å². The van der Waals surface area contributed by atoms with E-state index in [0.717, 1.165) is 28.1 Å². The van der Waals surface area contributed by atoms with Crippen molar-refractivity contribution < 1.29 is 22.8 Å². The van der Waals surface area contributed by atoms with Crippen molar-refractivity contribution in [3.05, 3.63) is 59.4 Å². The SMILES string of the molecule is Cc1ccc(N2N=N[C@H]3C(=O)N(c4ccc(F)c(F)c4)C(=O)[C@@H]32)cc1F. The molecule has 2 aliphatic rings. The van der Waals surface area contributed by atoms with Gasteiger partial charge in [-0.15, -0.1) is 0 Å². The van der Waals surface area contributed by atoms with Gasteiger partial charge in [0, 0.05) is 6.07 Å². The number of carbonyl (C=O) groups is 2. The molecule has 0 bridgehead atoms. The first-order valence-electron chi connectivity index (χ1n) is 7.67. The van der Waals surface area contributed by atoms with Crippen molar-refractivity contribution in [1.82, 2.24) is 0 Å². The lowest BCUT2D eigenvalue weighted by Crippen LogP contribution is -2.40. The van der Waals surface area contributed by atoms with Crippen molar-refractivity contribution in [3.63, 3.8) is 0 Å². The molecule has 6 nitrogen and oxygen atoms in total. The number of fused-ring (bicyclic) bond motifs is 1. The number of halogens is 3. The first kappa shape index (κ1) is 16.2. The van der Waals surface area contributed by atoms with Gasteiger partial charge in [0.25, 0.3) is 11.8 Å². The Hall–Kier alpha value is -3.23. The normalized spacial score (nSPS) is 21.7. The van der Waals surface area contributed by atoms with Gasteiger partial charge in [-0.25, -0.2) is 23.1 Å². The Morgan fingerprint density at radius 1 is 0.885 bits per heavy atom. The molecular formula is C17H11F3N4O2.